The predicted molar refractivity (Wildman–Crippen MR) is 63.4 cm³/mol. The Hall–Kier alpha value is -2.25. The van der Waals surface area contributed by atoms with Crippen molar-refractivity contribution < 1.29 is 32.6 Å². The number of nitrogen functional groups attached to an aromatic ring is 1. The molecule has 0 saturated heterocycles. The number of nitrogens with two attached hydrogens (primary N) is 1. The minimum atomic E-state index is -4.77. The van der Waals surface area contributed by atoms with Gasteiger partial charge in [-0.15, -0.1) is 0 Å². The van der Waals surface area contributed by atoms with Crippen LogP contribution in [0.15, 0.2) is 12.1 Å². The molecule has 0 atom stereocenters. The number of hydrogen-bond acceptors (Lipinski definition) is 4. The van der Waals surface area contributed by atoms with E-state index in [2.05, 4.69) is 0 Å². The standard InChI is InChI=1S/C12H12F3NO4/c1-5(2)20-11(19)9-7(10(17)18)3-6(4-8(9)16)12(13,14)15/h3-5H,16H2,1-2H3,(H,17,18). The molecule has 20 heavy (non-hydrogen) atoms. The zero-order chi connectivity index (χ0) is 15.7. The van der Waals surface area contributed by atoms with Crippen LogP contribution in [0, 0.1) is 0 Å². The van der Waals surface area contributed by atoms with Gasteiger partial charge in [0.25, 0.3) is 0 Å². The number of alkyl halides is 3. The fourth-order valence-corrected chi connectivity index (χ4v) is 1.50. The van der Waals surface area contributed by atoms with E-state index in [1.165, 1.54) is 13.8 Å². The number of rotatable bonds is 3. The first-order chi connectivity index (χ1) is 9.04. The highest BCUT2D eigenvalue weighted by molar-refractivity contribution is 6.06. The topological polar surface area (TPSA) is 89.6 Å². The van der Waals surface area contributed by atoms with E-state index in [4.69, 9.17) is 15.6 Å². The van der Waals surface area contributed by atoms with Crippen LogP contribution in [0.25, 0.3) is 0 Å². The Bertz CT molecular complexity index is 552. The number of anilines is 1. The maximum absolute atomic E-state index is 12.6. The summed E-state index contributed by atoms with van der Waals surface area (Å²) in [6.07, 6.45) is -5.33. The van der Waals surface area contributed by atoms with E-state index in [0.29, 0.717) is 12.1 Å². The van der Waals surface area contributed by atoms with Gasteiger partial charge < -0.3 is 15.6 Å². The van der Waals surface area contributed by atoms with Crippen LogP contribution in [-0.4, -0.2) is 23.1 Å². The van der Waals surface area contributed by atoms with E-state index in [0.717, 1.165) is 0 Å². The van der Waals surface area contributed by atoms with E-state index in [1.807, 2.05) is 0 Å². The molecule has 0 aliphatic heterocycles. The van der Waals surface area contributed by atoms with Gasteiger partial charge >= 0.3 is 18.1 Å². The molecule has 0 bridgehead atoms. The van der Waals surface area contributed by atoms with E-state index < -0.39 is 46.6 Å². The first-order valence-electron chi connectivity index (χ1n) is 5.49. The summed E-state index contributed by atoms with van der Waals surface area (Å²) in [4.78, 5) is 22.7. The van der Waals surface area contributed by atoms with Gasteiger partial charge in [0.15, 0.2) is 0 Å². The highest BCUT2D eigenvalue weighted by atomic mass is 19.4. The predicted octanol–water partition coefficient (Wildman–Crippen LogP) is 2.55. The van der Waals surface area contributed by atoms with Gasteiger partial charge in [0.2, 0.25) is 0 Å². The molecule has 0 heterocycles. The Morgan fingerprint density at radius 2 is 1.85 bits per heavy atom. The van der Waals surface area contributed by atoms with Crippen LogP contribution in [0.1, 0.15) is 40.1 Å². The minimum absolute atomic E-state index is 0.357. The number of carbonyl (C=O) groups is 2. The summed E-state index contributed by atoms with van der Waals surface area (Å²) in [5.74, 6) is -2.78. The molecule has 0 fully saturated rings. The molecule has 1 aromatic rings. The summed E-state index contributed by atoms with van der Waals surface area (Å²) in [6.45, 7) is 3.03. The Kier molecular flexibility index (Phi) is 4.26. The summed E-state index contributed by atoms with van der Waals surface area (Å²) in [5, 5.41) is 8.93. The zero-order valence-corrected chi connectivity index (χ0v) is 10.6. The number of carbonyl (C=O) groups excluding carboxylic acids is 1. The molecule has 0 amide bonds. The van der Waals surface area contributed by atoms with Crippen LogP contribution in [0.4, 0.5) is 18.9 Å². The van der Waals surface area contributed by atoms with Crippen molar-refractivity contribution in [1.29, 1.82) is 0 Å². The van der Waals surface area contributed by atoms with Gasteiger partial charge in [-0.2, -0.15) is 13.2 Å². The number of ether oxygens (including phenoxy) is 1. The average molecular weight is 291 g/mol. The van der Waals surface area contributed by atoms with Gasteiger partial charge in [0, 0.05) is 5.69 Å². The van der Waals surface area contributed by atoms with Crippen molar-refractivity contribution >= 4 is 17.6 Å². The molecular weight excluding hydrogens is 279 g/mol. The highest BCUT2D eigenvalue weighted by Gasteiger charge is 2.34. The van der Waals surface area contributed by atoms with Crippen molar-refractivity contribution in [2.75, 3.05) is 5.73 Å². The van der Waals surface area contributed by atoms with Gasteiger partial charge in [-0.1, -0.05) is 0 Å². The van der Waals surface area contributed by atoms with Crippen molar-refractivity contribution in [3.63, 3.8) is 0 Å². The third-order valence-electron chi connectivity index (χ3n) is 2.27. The third-order valence-corrected chi connectivity index (χ3v) is 2.27. The lowest BCUT2D eigenvalue weighted by atomic mass is 10.0. The van der Waals surface area contributed by atoms with Crippen LogP contribution in [-0.2, 0) is 10.9 Å². The smallest absolute Gasteiger partial charge is 0.416 e. The lowest BCUT2D eigenvalue weighted by Gasteiger charge is -2.15. The number of halogens is 3. The summed E-state index contributed by atoms with van der Waals surface area (Å²) < 4.78 is 42.5. The Morgan fingerprint density at radius 3 is 2.25 bits per heavy atom. The van der Waals surface area contributed by atoms with Crippen LogP contribution in [0.2, 0.25) is 0 Å². The van der Waals surface area contributed by atoms with E-state index in [9.17, 15) is 22.8 Å². The van der Waals surface area contributed by atoms with Crippen molar-refractivity contribution in [1.82, 2.24) is 0 Å². The molecule has 8 heteroatoms. The van der Waals surface area contributed by atoms with Crippen molar-refractivity contribution in [2.24, 2.45) is 0 Å². The molecule has 1 aromatic carbocycles. The fraction of sp³-hybridized carbons (Fsp3) is 0.333. The second-order valence-corrected chi connectivity index (χ2v) is 4.25. The molecule has 0 saturated carbocycles. The molecule has 0 radical (unpaired) electrons. The lowest BCUT2D eigenvalue weighted by molar-refractivity contribution is -0.137. The highest BCUT2D eigenvalue weighted by Crippen LogP contribution is 2.33. The first-order valence-corrected chi connectivity index (χ1v) is 5.49. The van der Waals surface area contributed by atoms with E-state index in [-0.39, 0.29) is 0 Å². The maximum atomic E-state index is 12.6. The SMILES string of the molecule is CC(C)OC(=O)c1c(N)cc(C(F)(F)F)cc1C(=O)O. The molecule has 5 nitrogen and oxygen atoms in total. The second-order valence-electron chi connectivity index (χ2n) is 4.25. The van der Waals surface area contributed by atoms with Crippen molar-refractivity contribution in [2.45, 2.75) is 26.1 Å². The lowest BCUT2D eigenvalue weighted by Crippen LogP contribution is -2.19. The van der Waals surface area contributed by atoms with Crippen LogP contribution in [0.3, 0.4) is 0 Å². The average Bonchev–Trinajstić information content (AvgIpc) is 2.24. The fourth-order valence-electron chi connectivity index (χ4n) is 1.50. The first kappa shape index (κ1) is 15.8. The largest absolute Gasteiger partial charge is 0.478 e. The quantitative estimate of drug-likeness (QED) is 0.660. The number of hydrogen-bond donors (Lipinski definition) is 2. The number of esters is 1. The number of carboxylic acid groups (broad SMARTS) is 1. The van der Waals surface area contributed by atoms with Gasteiger partial charge in [-0.05, 0) is 26.0 Å². The summed E-state index contributed by atoms with van der Waals surface area (Å²) in [5.41, 5.74) is 2.10. The molecule has 110 valence electrons. The summed E-state index contributed by atoms with van der Waals surface area (Å²) in [6, 6.07) is 0.860. The molecule has 0 aliphatic rings. The Balaban J connectivity index is 3.45. The van der Waals surface area contributed by atoms with Gasteiger partial charge in [-0.25, -0.2) is 9.59 Å². The third kappa shape index (κ3) is 3.40. The van der Waals surface area contributed by atoms with E-state index >= 15 is 0 Å². The van der Waals surface area contributed by atoms with Crippen molar-refractivity contribution in [3.8, 4) is 0 Å². The normalized spacial score (nSPS) is 11.5. The molecule has 0 aromatic heterocycles. The summed E-state index contributed by atoms with van der Waals surface area (Å²) >= 11 is 0. The number of benzene rings is 1. The molecule has 3 N–H and O–H groups in total. The van der Waals surface area contributed by atoms with E-state index in [1.54, 1.807) is 0 Å². The number of carboxylic acids is 1. The number of aromatic carboxylic acids is 1. The molecule has 1 rings (SSSR count). The summed E-state index contributed by atoms with van der Waals surface area (Å²) in [7, 11) is 0. The zero-order valence-electron chi connectivity index (χ0n) is 10.6. The molecule has 0 spiro atoms. The minimum Gasteiger partial charge on any atom is -0.478 e. The monoisotopic (exact) mass is 291 g/mol. The molecule has 0 aliphatic carbocycles. The molecule has 0 unspecified atom stereocenters. The second kappa shape index (κ2) is 5.40. The van der Waals surface area contributed by atoms with Gasteiger partial charge in [0.05, 0.1) is 22.8 Å². The Labute approximate surface area is 112 Å². The van der Waals surface area contributed by atoms with Gasteiger partial charge in [-0.3, -0.25) is 0 Å². The molecular formula is C12H12F3NO4. The van der Waals surface area contributed by atoms with Crippen LogP contribution < -0.4 is 5.73 Å². The van der Waals surface area contributed by atoms with Crippen LogP contribution >= 0.6 is 0 Å². The van der Waals surface area contributed by atoms with Crippen molar-refractivity contribution in [3.05, 3.63) is 28.8 Å². The van der Waals surface area contributed by atoms with Gasteiger partial charge in [0.1, 0.15) is 0 Å². The Morgan fingerprint density at radius 1 is 1.30 bits per heavy atom. The van der Waals surface area contributed by atoms with Crippen LogP contribution in [0.5, 0.6) is 0 Å². The maximum Gasteiger partial charge on any atom is 0.416 e.